The zero-order valence-electron chi connectivity index (χ0n) is 16.2. The topological polar surface area (TPSA) is 67.2 Å². The molecule has 2 heterocycles. The minimum Gasteiger partial charge on any atom is -0.322 e. The van der Waals surface area contributed by atoms with Gasteiger partial charge in [0.25, 0.3) is 0 Å². The van der Waals surface area contributed by atoms with Crippen molar-refractivity contribution in [3.05, 3.63) is 78.1 Å². The summed E-state index contributed by atoms with van der Waals surface area (Å²) < 4.78 is 1.82. The molecule has 1 fully saturated rings. The zero-order valence-corrected chi connectivity index (χ0v) is 16.2. The lowest BCUT2D eigenvalue weighted by Gasteiger charge is -2.15. The fourth-order valence-corrected chi connectivity index (χ4v) is 3.40. The van der Waals surface area contributed by atoms with Crippen molar-refractivity contribution in [1.82, 2.24) is 9.78 Å². The molecule has 1 aliphatic heterocycles. The number of carbonyl (C=O) groups excluding carboxylic acids is 2. The van der Waals surface area contributed by atoms with Crippen molar-refractivity contribution < 1.29 is 9.59 Å². The van der Waals surface area contributed by atoms with E-state index in [9.17, 15) is 9.59 Å². The molecule has 1 saturated heterocycles. The molecule has 2 aromatic carbocycles. The number of rotatable bonds is 5. The Kier molecular flexibility index (Phi) is 5.24. The van der Waals surface area contributed by atoms with Crippen LogP contribution in [0.25, 0.3) is 11.8 Å². The van der Waals surface area contributed by atoms with Crippen LogP contribution in [0.5, 0.6) is 0 Å². The van der Waals surface area contributed by atoms with Crippen LogP contribution in [0, 0.1) is 6.92 Å². The molecule has 0 aliphatic carbocycles. The molecule has 0 atom stereocenters. The van der Waals surface area contributed by atoms with Crippen molar-refractivity contribution in [2.24, 2.45) is 0 Å². The molecule has 1 aliphatic rings. The lowest BCUT2D eigenvalue weighted by molar-refractivity contribution is -0.117. The molecule has 0 bridgehead atoms. The number of aryl methyl sites for hydroxylation is 1. The molecule has 2 amide bonds. The summed E-state index contributed by atoms with van der Waals surface area (Å²) in [6.45, 7) is 2.75. The lowest BCUT2D eigenvalue weighted by Crippen LogP contribution is -2.23. The molecule has 4 rings (SSSR count). The molecule has 29 heavy (non-hydrogen) atoms. The largest absolute Gasteiger partial charge is 0.322 e. The van der Waals surface area contributed by atoms with Gasteiger partial charge in [0, 0.05) is 42.3 Å². The van der Waals surface area contributed by atoms with Gasteiger partial charge in [0.15, 0.2) is 0 Å². The molecule has 3 aromatic rings. The maximum Gasteiger partial charge on any atom is 0.248 e. The van der Waals surface area contributed by atoms with Gasteiger partial charge in [-0.3, -0.25) is 9.59 Å². The van der Waals surface area contributed by atoms with Crippen LogP contribution in [0.4, 0.5) is 11.4 Å². The first-order valence-electron chi connectivity index (χ1n) is 9.61. The van der Waals surface area contributed by atoms with Gasteiger partial charge >= 0.3 is 0 Å². The molecular formula is C23H22N4O2. The maximum absolute atomic E-state index is 12.3. The van der Waals surface area contributed by atoms with Gasteiger partial charge in [-0.05, 0) is 61.4 Å². The van der Waals surface area contributed by atoms with Crippen LogP contribution in [0.3, 0.4) is 0 Å². The van der Waals surface area contributed by atoms with Crippen molar-refractivity contribution in [2.75, 3.05) is 16.8 Å². The molecule has 0 unspecified atom stereocenters. The standard InChI is InChI=1S/C23H22N4O2/c1-17-13-14-24-27(17)21-5-2-4-19(16-21)25-22(28)12-9-18-7-10-20(11-8-18)26-15-3-6-23(26)29/h2,4-5,7-14,16H,3,6,15H2,1H3,(H,25,28)/b12-9+. The molecule has 1 aromatic heterocycles. The van der Waals surface area contributed by atoms with Crippen LogP contribution in [0.2, 0.25) is 0 Å². The summed E-state index contributed by atoms with van der Waals surface area (Å²) in [6, 6.07) is 17.1. The van der Waals surface area contributed by atoms with Crippen molar-refractivity contribution in [3.8, 4) is 5.69 Å². The predicted octanol–water partition coefficient (Wildman–Crippen LogP) is 3.96. The number of aromatic nitrogens is 2. The number of amides is 2. The molecular weight excluding hydrogens is 364 g/mol. The molecule has 6 heteroatoms. The Balaban J connectivity index is 1.40. The maximum atomic E-state index is 12.3. The van der Waals surface area contributed by atoms with E-state index in [1.54, 1.807) is 17.2 Å². The van der Waals surface area contributed by atoms with E-state index in [-0.39, 0.29) is 11.8 Å². The van der Waals surface area contributed by atoms with Crippen molar-refractivity contribution in [1.29, 1.82) is 0 Å². The summed E-state index contributed by atoms with van der Waals surface area (Å²) in [4.78, 5) is 25.9. The number of benzene rings is 2. The van der Waals surface area contributed by atoms with E-state index >= 15 is 0 Å². The Bertz CT molecular complexity index is 1070. The predicted molar refractivity (Wildman–Crippen MR) is 114 cm³/mol. The zero-order chi connectivity index (χ0) is 20.2. The highest BCUT2D eigenvalue weighted by Gasteiger charge is 2.21. The van der Waals surface area contributed by atoms with Crippen LogP contribution >= 0.6 is 0 Å². The first kappa shape index (κ1) is 18.7. The van der Waals surface area contributed by atoms with E-state index in [0.29, 0.717) is 12.1 Å². The molecule has 0 radical (unpaired) electrons. The van der Waals surface area contributed by atoms with Gasteiger partial charge in [-0.2, -0.15) is 5.10 Å². The first-order chi connectivity index (χ1) is 14.1. The van der Waals surface area contributed by atoms with Gasteiger partial charge in [0.05, 0.1) is 5.69 Å². The van der Waals surface area contributed by atoms with Gasteiger partial charge in [0.1, 0.15) is 0 Å². The van der Waals surface area contributed by atoms with Gasteiger partial charge in [0.2, 0.25) is 11.8 Å². The van der Waals surface area contributed by atoms with E-state index in [2.05, 4.69) is 10.4 Å². The fourth-order valence-electron chi connectivity index (χ4n) is 3.40. The van der Waals surface area contributed by atoms with Crippen LogP contribution in [-0.2, 0) is 9.59 Å². The minimum atomic E-state index is -0.210. The Morgan fingerprint density at radius 1 is 1.10 bits per heavy atom. The fraction of sp³-hybridized carbons (Fsp3) is 0.174. The summed E-state index contributed by atoms with van der Waals surface area (Å²) in [7, 11) is 0. The normalized spacial score (nSPS) is 14.0. The molecule has 1 N–H and O–H groups in total. The van der Waals surface area contributed by atoms with E-state index in [1.807, 2.05) is 66.2 Å². The van der Waals surface area contributed by atoms with E-state index in [4.69, 9.17) is 0 Å². The third-order valence-electron chi connectivity index (χ3n) is 4.90. The van der Waals surface area contributed by atoms with E-state index in [1.165, 1.54) is 6.08 Å². The summed E-state index contributed by atoms with van der Waals surface area (Å²) >= 11 is 0. The SMILES string of the molecule is Cc1ccnn1-c1cccc(NC(=O)/C=C/c2ccc(N3CCCC3=O)cc2)c1. The number of hydrogen-bond donors (Lipinski definition) is 1. The second-order valence-corrected chi connectivity index (χ2v) is 7.00. The number of hydrogen-bond acceptors (Lipinski definition) is 3. The molecule has 6 nitrogen and oxygen atoms in total. The van der Waals surface area contributed by atoms with Gasteiger partial charge in [-0.1, -0.05) is 18.2 Å². The van der Waals surface area contributed by atoms with Crippen molar-refractivity contribution >= 4 is 29.3 Å². The first-order valence-corrected chi connectivity index (χ1v) is 9.61. The van der Waals surface area contributed by atoms with Crippen LogP contribution in [0.15, 0.2) is 66.9 Å². The Hall–Kier alpha value is -3.67. The summed E-state index contributed by atoms with van der Waals surface area (Å²) in [6.07, 6.45) is 6.52. The summed E-state index contributed by atoms with van der Waals surface area (Å²) in [5.41, 5.74) is 4.42. The number of anilines is 2. The van der Waals surface area contributed by atoms with Crippen LogP contribution < -0.4 is 10.2 Å². The summed E-state index contributed by atoms with van der Waals surface area (Å²) in [5, 5.41) is 7.16. The van der Waals surface area contributed by atoms with Crippen molar-refractivity contribution in [2.45, 2.75) is 19.8 Å². The molecule has 0 spiro atoms. The minimum absolute atomic E-state index is 0.167. The molecule has 0 saturated carbocycles. The summed E-state index contributed by atoms with van der Waals surface area (Å²) in [5.74, 6) is -0.0432. The Morgan fingerprint density at radius 2 is 1.93 bits per heavy atom. The number of nitrogens with zero attached hydrogens (tertiary/aromatic N) is 3. The average Bonchev–Trinajstić information content (AvgIpc) is 3.35. The monoisotopic (exact) mass is 386 g/mol. The quantitative estimate of drug-likeness (QED) is 0.675. The smallest absolute Gasteiger partial charge is 0.248 e. The van der Waals surface area contributed by atoms with Crippen molar-refractivity contribution in [3.63, 3.8) is 0 Å². The second kappa shape index (κ2) is 8.14. The third kappa shape index (κ3) is 4.27. The van der Waals surface area contributed by atoms with Crippen LogP contribution in [-0.4, -0.2) is 28.1 Å². The van der Waals surface area contributed by atoms with E-state index in [0.717, 1.165) is 35.6 Å². The lowest BCUT2D eigenvalue weighted by atomic mass is 10.2. The Morgan fingerprint density at radius 3 is 2.62 bits per heavy atom. The number of nitrogens with one attached hydrogen (secondary N) is 1. The average molecular weight is 386 g/mol. The van der Waals surface area contributed by atoms with Gasteiger partial charge in [-0.25, -0.2) is 4.68 Å². The highest BCUT2D eigenvalue weighted by atomic mass is 16.2. The van der Waals surface area contributed by atoms with E-state index < -0.39 is 0 Å². The highest BCUT2D eigenvalue weighted by Crippen LogP contribution is 2.22. The second-order valence-electron chi connectivity index (χ2n) is 7.00. The van der Waals surface area contributed by atoms with Crippen LogP contribution in [0.1, 0.15) is 24.1 Å². The van der Waals surface area contributed by atoms with Gasteiger partial charge < -0.3 is 10.2 Å². The Labute approximate surface area is 169 Å². The number of carbonyl (C=O) groups is 2. The highest BCUT2D eigenvalue weighted by molar-refractivity contribution is 6.02. The molecule has 146 valence electrons. The van der Waals surface area contributed by atoms with Gasteiger partial charge in [-0.15, -0.1) is 0 Å². The third-order valence-corrected chi connectivity index (χ3v) is 4.90.